The van der Waals surface area contributed by atoms with E-state index >= 15 is 0 Å². The fourth-order valence-corrected chi connectivity index (χ4v) is 4.06. The molecule has 12 heteroatoms. The van der Waals surface area contributed by atoms with Crippen LogP contribution in [0.4, 0.5) is 19.0 Å². The van der Waals surface area contributed by atoms with Gasteiger partial charge in [0.05, 0.1) is 11.5 Å². The monoisotopic (exact) mass is 557 g/mol. The Hall–Kier alpha value is -4.74. The molecule has 40 heavy (non-hydrogen) atoms. The molecule has 9 nitrogen and oxygen atoms in total. The van der Waals surface area contributed by atoms with Crippen LogP contribution < -0.4 is 10.5 Å². The van der Waals surface area contributed by atoms with Crippen LogP contribution in [0.3, 0.4) is 0 Å². The minimum atomic E-state index is -4.64. The first kappa shape index (κ1) is 29.8. The van der Waals surface area contributed by atoms with E-state index in [0.29, 0.717) is 18.0 Å². The molecule has 0 unspecified atom stereocenters. The molecule has 0 aliphatic carbocycles. The number of imide groups is 1. The standard InChI is InChI=1S/C26H25N3O5.C2HF3O/c1-16(18-5-3-2-4-6-18)13-23(30)29-24(31)21(14-17-11-12-28-22(27)15-17)25(29)34-20-9-7-19(8-10-20)26(32)33;3-2(4,5)1-6/h2-12,15-16,21,25H,13-14H2,1H3,(H2,27,28)(H,32,33);1H/t16-,21-,25+;/m0./s1. The summed E-state index contributed by atoms with van der Waals surface area (Å²) in [5.74, 6) is -1.63. The first-order valence-corrected chi connectivity index (χ1v) is 12.0. The maximum atomic E-state index is 13.1. The molecule has 4 rings (SSSR count). The minimum Gasteiger partial charge on any atom is -0.478 e. The number of anilines is 1. The number of likely N-dealkylation sites (tertiary alicyclic amines) is 1. The van der Waals surface area contributed by atoms with E-state index in [1.165, 1.54) is 29.2 Å². The number of carbonyl (C=O) groups excluding carboxylic acids is 3. The first-order chi connectivity index (χ1) is 18.9. The van der Waals surface area contributed by atoms with Gasteiger partial charge >= 0.3 is 12.1 Å². The number of halogens is 3. The van der Waals surface area contributed by atoms with Crippen molar-refractivity contribution in [3.05, 3.63) is 89.6 Å². The maximum Gasteiger partial charge on any atom is 0.446 e. The van der Waals surface area contributed by atoms with Gasteiger partial charge in [0.2, 0.25) is 18.1 Å². The number of carbonyl (C=O) groups is 4. The summed E-state index contributed by atoms with van der Waals surface area (Å²) in [5.41, 5.74) is 7.71. The largest absolute Gasteiger partial charge is 0.478 e. The number of hydrogen-bond donors (Lipinski definition) is 2. The van der Waals surface area contributed by atoms with E-state index < -0.39 is 30.6 Å². The van der Waals surface area contributed by atoms with E-state index in [9.17, 15) is 27.6 Å². The lowest BCUT2D eigenvalue weighted by Crippen LogP contribution is -2.66. The van der Waals surface area contributed by atoms with Gasteiger partial charge in [-0.15, -0.1) is 0 Å². The third kappa shape index (κ3) is 7.88. The van der Waals surface area contributed by atoms with Crippen molar-refractivity contribution in [2.75, 3.05) is 5.73 Å². The second-order valence-corrected chi connectivity index (χ2v) is 9.01. The molecule has 1 aliphatic heterocycles. The zero-order chi connectivity index (χ0) is 29.4. The zero-order valence-electron chi connectivity index (χ0n) is 21.2. The molecular formula is C28H26F3N3O6. The van der Waals surface area contributed by atoms with Gasteiger partial charge in [0, 0.05) is 12.6 Å². The van der Waals surface area contributed by atoms with Crippen LogP contribution in [0.15, 0.2) is 72.9 Å². The number of nitrogens with two attached hydrogens (primary N) is 1. The summed E-state index contributed by atoms with van der Waals surface area (Å²) in [6, 6.07) is 19.0. The van der Waals surface area contributed by atoms with Crippen molar-refractivity contribution in [1.29, 1.82) is 0 Å². The van der Waals surface area contributed by atoms with Crippen LogP contribution in [-0.2, 0) is 20.8 Å². The fraction of sp³-hybridized carbons (Fsp3) is 0.250. The van der Waals surface area contributed by atoms with Crippen LogP contribution in [0.25, 0.3) is 0 Å². The normalized spacial score (nSPS) is 17.1. The molecule has 1 saturated heterocycles. The summed E-state index contributed by atoms with van der Waals surface area (Å²) in [6.07, 6.45) is -4.46. The van der Waals surface area contributed by atoms with Crippen molar-refractivity contribution in [2.45, 2.75) is 38.1 Å². The second kappa shape index (κ2) is 12.9. The molecule has 2 aromatic carbocycles. The predicted molar refractivity (Wildman–Crippen MR) is 137 cm³/mol. The minimum absolute atomic E-state index is 0.0731. The lowest BCUT2D eigenvalue weighted by Gasteiger charge is -2.45. The summed E-state index contributed by atoms with van der Waals surface area (Å²) in [6.45, 7) is 1.94. The summed E-state index contributed by atoms with van der Waals surface area (Å²) >= 11 is 0. The molecule has 0 radical (unpaired) electrons. The molecule has 1 aromatic heterocycles. The average Bonchev–Trinajstić information content (AvgIpc) is 2.92. The van der Waals surface area contributed by atoms with Crippen LogP contribution in [0.1, 0.15) is 40.7 Å². The Balaban J connectivity index is 0.000000663. The molecule has 2 heterocycles. The number of aromatic carboxylic acids is 1. The highest BCUT2D eigenvalue weighted by molar-refractivity contribution is 6.02. The number of nitrogens with zero attached hydrogens (tertiary/aromatic N) is 2. The number of nitrogen functional groups attached to an aromatic ring is 1. The zero-order valence-corrected chi connectivity index (χ0v) is 21.2. The van der Waals surface area contributed by atoms with Crippen molar-refractivity contribution in [2.24, 2.45) is 5.92 Å². The number of alkyl halides is 3. The Morgan fingerprint density at radius 3 is 2.30 bits per heavy atom. The van der Waals surface area contributed by atoms with Gasteiger partial charge in [0.15, 0.2) is 6.23 Å². The van der Waals surface area contributed by atoms with E-state index in [2.05, 4.69) is 4.98 Å². The number of carboxylic acid groups (broad SMARTS) is 1. The van der Waals surface area contributed by atoms with E-state index in [-0.39, 0.29) is 29.7 Å². The highest BCUT2D eigenvalue weighted by Crippen LogP contribution is 2.34. The Bertz CT molecular complexity index is 1350. The Labute approximate surface area is 227 Å². The molecule has 210 valence electrons. The first-order valence-electron chi connectivity index (χ1n) is 12.0. The van der Waals surface area contributed by atoms with Crippen molar-refractivity contribution < 1.29 is 42.2 Å². The number of β-lactam (4-membered cyclic amide) rings is 1. The van der Waals surface area contributed by atoms with E-state index in [4.69, 9.17) is 20.4 Å². The van der Waals surface area contributed by atoms with Gasteiger partial charge in [-0.3, -0.25) is 14.4 Å². The summed E-state index contributed by atoms with van der Waals surface area (Å²) in [7, 11) is 0. The maximum absolute atomic E-state index is 13.1. The third-order valence-electron chi connectivity index (χ3n) is 6.06. The SMILES string of the molecule is C[C@@H](CC(=O)N1C(=O)[C@H](Cc2ccnc(N)c2)[C@H]1Oc1ccc(C(=O)O)cc1)c1ccccc1.O=CC(F)(F)F. The molecule has 3 aromatic rings. The van der Waals surface area contributed by atoms with Crippen LogP contribution in [0.5, 0.6) is 5.75 Å². The van der Waals surface area contributed by atoms with Crippen LogP contribution in [0, 0.1) is 5.92 Å². The molecule has 0 saturated carbocycles. The number of carboxylic acids is 1. The van der Waals surface area contributed by atoms with E-state index in [1.807, 2.05) is 37.3 Å². The lowest BCUT2D eigenvalue weighted by atomic mass is 9.87. The molecule has 3 N–H and O–H groups in total. The topological polar surface area (TPSA) is 140 Å². The summed E-state index contributed by atoms with van der Waals surface area (Å²) < 4.78 is 37.3. The van der Waals surface area contributed by atoms with E-state index in [1.54, 1.807) is 18.3 Å². The van der Waals surface area contributed by atoms with Crippen LogP contribution >= 0.6 is 0 Å². The van der Waals surface area contributed by atoms with Gasteiger partial charge < -0.3 is 15.6 Å². The third-order valence-corrected chi connectivity index (χ3v) is 6.06. The van der Waals surface area contributed by atoms with Crippen molar-refractivity contribution in [3.63, 3.8) is 0 Å². The molecule has 1 fully saturated rings. The molecular weight excluding hydrogens is 531 g/mol. The van der Waals surface area contributed by atoms with Crippen molar-refractivity contribution in [3.8, 4) is 5.75 Å². The van der Waals surface area contributed by atoms with Gasteiger partial charge in [0.25, 0.3) is 0 Å². The van der Waals surface area contributed by atoms with Gasteiger partial charge in [-0.05, 0) is 59.9 Å². The van der Waals surface area contributed by atoms with Gasteiger partial charge in [-0.1, -0.05) is 37.3 Å². The number of benzene rings is 2. The quantitative estimate of drug-likeness (QED) is 0.310. The number of ether oxygens (including phenoxy) is 1. The van der Waals surface area contributed by atoms with Gasteiger partial charge in [-0.25, -0.2) is 14.7 Å². The van der Waals surface area contributed by atoms with Crippen LogP contribution in [-0.4, -0.2) is 51.5 Å². The number of aldehydes is 1. The molecule has 2 amide bonds. The number of rotatable bonds is 8. The number of amides is 2. The molecule has 0 spiro atoms. The smallest absolute Gasteiger partial charge is 0.446 e. The summed E-state index contributed by atoms with van der Waals surface area (Å²) in [5, 5.41) is 9.12. The highest BCUT2D eigenvalue weighted by atomic mass is 19.4. The van der Waals surface area contributed by atoms with Gasteiger partial charge in [0.1, 0.15) is 11.6 Å². The Kier molecular flexibility index (Phi) is 9.59. The van der Waals surface area contributed by atoms with Crippen molar-refractivity contribution >= 4 is 29.9 Å². The molecule has 3 atom stereocenters. The highest BCUT2D eigenvalue weighted by Gasteiger charge is 2.52. The molecule has 1 aliphatic rings. The second-order valence-electron chi connectivity index (χ2n) is 9.01. The Morgan fingerprint density at radius 1 is 1.12 bits per heavy atom. The number of aromatic nitrogens is 1. The van der Waals surface area contributed by atoms with E-state index in [0.717, 1.165) is 11.1 Å². The van der Waals surface area contributed by atoms with Gasteiger partial charge in [-0.2, -0.15) is 13.2 Å². The molecule has 0 bridgehead atoms. The summed E-state index contributed by atoms with van der Waals surface area (Å²) in [4.78, 5) is 51.2. The fourth-order valence-electron chi connectivity index (χ4n) is 4.06. The lowest BCUT2D eigenvalue weighted by molar-refractivity contribution is -0.183. The predicted octanol–water partition coefficient (Wildman–Crippen LogP) is 4.24. The number of pyridine rings is 1. The van der Waals surface area contributed by atoms with Crippen LogP contribution in [0.2, 0.25) is 0 Å². The van der Waals surface area contributed by atoms with Crippen molar-refractivity contribution in [1.82, 2.24) is 9.88 Å². The average molecular weight is 558 g/mol. The Morgan fingerprint density at radius 2 is 1.75 bits per heavy atom. The number of hydrogen-bond acceptors (Lipinski definition) is 7.